The third-order valence-electron chi connectivity index (χ3n) is 4.45. The lowest BCUT2D eigenvalue weighted by Gasteiger charge is -2.22. The number of hydrogen-bond donors (Lipinski definition) is 1. The zero-order valence-electron chi connectivity index (χ0n) is 16.5. The fourth-order valence-corrected chi connectivity index (χ4v) is 3.22. The van der Waals surface area contributed by atoms with Crippen LogP contribution in [-0.4, -0.2) is 16.8 Å². The van der Waals surface area contributed by atoms with Gasteiger partial charge in [-0.15, -0.1) is 0 Å². The van der Waals surface area contributed by atoms with Crippen LogP contribution in [0, 0.1) is 5.92 Å². The van der Waals surface area contributed by atoms with Gasteiger partial charge in [-0.2, -0.15) is 5.10 Å². The molecule has 0 unspecified atom stereocenters. The minimum absolute atomic E-state index is 0.204. The first kappa shape index (κ1) is 12.6. The van der Waals surface area contributed by atoms with Crippen molar-refractivity contribution in [3.05, 3.63) is 47.7 Å². The Hall–Kier alpha value is -1.81. The molecule has 4 nitrogen and oxygen atoms in total. The van der Waals surface area contributed by atoms with Gasteiger partial charge in [0.05, 0.1) is 5.69 Å². The van der Waals surface area contributed by atoms with Crippen molar-refractivity contribution in [1.29, 1.82) is 0 Å². The van der Waals surface area contributed by atoms with E-state index in [1.165, 1.54) is 32.1 Å². The average molecular weight is 316 g/mol. The summed E-state index contributed by atoms with van der Waals surface area (Å²) in [6.07, 6.45) is 6.32. The Morgan fingerprint density at radius 1 is 1.26 bits per heavy atom. The number of hydrogen-bond acceptors (Lipinski definition) is 3. The minimum Gasteiger partial charge on any atom is -0.473 e. The van der Waals surface area contributed by atoms with Crippen molar-refractivity contribution >= 4 is 0 Å². The molecule has 1 aliphatic carbocycles. The quantitative estimate of drug-likeness (QED) is 0.845. The second kappa shape index (κ2) is 8.16. The number of rotatable bonds is 7. The van der Waals surface area contributed by atoms with E-state index in [-0.39, 0.29) is 6.54 Å². The highest BCUT2D eigenvalue weighted by Gasteiger charge is 2.17. The van der Waals surface area contributed by atoms with E-state index in [4.69, 9.17) is 8.85 Å². The van der Waals surface area contributed by atoms with Crippen LogP contribution in [0.1, 0.15) is 47.5 Å². The Balaban J connectivity index is 1.69. The SMILES string of the molecule is [2H]C([2H])([2H])NCc1cc(OCc2ccccc2)n(CC2CCCCC2)n1. The summed E-state index contributed by atoms with van der Waals surface area (Å²) in [5, 5.41) is 7.12. The summed E-state index contributed by atoms with van der Waals surface area (Å²) in [5.41, 5.74) is 1.79. The van der Waals surface area contributed by atoms with Crippen molar-refractivity contribution in [2.45, 2.75) is 51.8 Å². The van der Waals surface area contributed by atoms with Crippen molar-refractivity contribution in [3.8, 4) is 5.88 Å². The van der Waals surface area contributed by atoms with E-state index in [1.807, 2.05) is 41.1 Å². The number of ether oxygens (including phenoxy) is 1. The van der Waals surface area contributed by atoms with Gasteiger partial charge in [0.25, 0.3) is 0 Å². The molecule has 1 heterocycles. The number of aromatic nitrogens is 2. The van der Waals surface area contributed by atoms with Crippen LogP contribution in [0.5, 0.6) is 5.88 Å². The van der Waals surface area contributed by atoms with E-state index in [0.717, 1.165) is 12.1 Å². The number of nitrogens with one attached hydrogen (secondary N) is 1. The summed E-state index contributed by atoms with van der Waals surface area (Å²) in [6, 6.07) is 11.9. The second-order valence-electron chi connectivity index (χ2n) is 6.29. The molecule has 0 atom stereocenters. The second-order valence-corrected chi connectivity index (χ2v) is 6.29. The van der Waals surface area contributed by atoms with Crippen LogP contribution >= 0.6 is 0 Å². The van der Waals surface area contributed by atoms with Crippen molar-refractivity contribution in [3.63, 3.8) is 0 Å². The molecule has 1 aromatic heterocycles. The molecular formula is C19H27N3O. The number of nitrogens with zero attached hydrogens (tertiary/aromatic N) is 2. The van der Waals surface area contributed by atoms with E-state index in [2.05, 4.69) is 10.4 Å². The molecule has 1 saturated carbocycles. The summed E-state index contributed by atoms with van der Waals surface area (Å²) >= 11 is 0. The van der Waals surface area contributed by atoms with Gasteiger partial charge < -0.3 is 10.1 Å². The normalized spacial score (nSPS) is 18.2. The van der Waals surface area contributed by atoms with Gasteiger partial charge in [-0.1, -0.05) is 49.6 Å². The van der Waals surface area contributed by atoms with Crippen molar-refractivity contribution < 1.29 is 8.85 Å². The molecule has 1 aliphatic rings. The molecule has 0 aliphatic heterocycles. The van der Waals surface area contributed by atoms with Crippen LogP contribution < -0.4 is 10.1 Å². The first-order valence-corrected chi connectivity index (χ1v) is 8.48. The zero-order chi connectivity index (χ0) is 18.4. The fourth-order valence-electron chi connectivity index (χ4n) is 3.22. The van der Waals surface area contributed by atoms with Gasteiger partial charge in [0.15, 0.2) is 0 Å². The first-order valence-electron chi connectivity index (χ1n) is 9.98. The monoisotopic (exact) mass is 316 g/mol. The summed E-state index contributed by atoms with van der Waals surface area (Å²) in [5.74, 6) is 1.33. The van der Waals surface area contributed by atoms with Crippen LogP contribution in [-0.2, 0) is 19.7 Å². The van der Waals surface area contributed by atoms with E-state index in [9.17, 15) is 0 Å². The van der Waals surface area contributed by atoms with Crippen molar-refractivity contribution in [1.82, 2.24) is 15.1 Å². The molecule has 124 valence electrons. The predicted octanol–water partition coefficient (Wildman–Crippen LogP) is 3.76. The van der Waals surface area contributed by atoms with E-state index in [1.54, 1.807) is 0 Å². The van der Waals surface area contributed by atoms with Gasteiger partial charge in [0.2, 0.25) is 5.88 Å². The third kappa shape index (κ3) is 4.58. The molecule has 0 amide bonds. The first-order chi connectivity index (χ1) is 12.5. The third-order valence-corrected chi connectivity index (χ3v) is 4.45. The molecule has 1 aromatic carbocycles. The molecule has 23 heavy (non-hydrogen) atoms. The van der Waals surface area contributed by atoms with E-state index >= 15 is 0 Å². The maximum absolute atomic E-state index is 7.30. The van der Waals surface area contributed by atoms with Gasteiger partial charge in [0.1, 0.15) is 6.61 Å². The predicted molar refractivity (Wildman–Crippen MR) is 92.3 cm³/mol. The van der Waals surface area contributed by atoms with Crippen LogP contribution in [0.3, 0.4) is 0 Å². The number of benzene rings is 1. The summed E-state index contributed by atoms with van der Waals surface area (Å²) < 4.78 is 29.8. The van der Waals surface area contributed by atoms with E-state index < -0.39 is 6.98 Å². The molecule has 3 rings (SSSR count). The summed E-state index contributed by atoms with van der Waals surface area (Å²) in [7, 11) is 0. The summed E-state index contributed by atoms with van der Waals surface area (Å²) in [4.78, 5) is 0. The van der Waals surface area contributed by atoms with Gasteiger partial charge in [0, 0.05) is 23.3 Å². The highest BCUT2D eigenvalue weighted by molar-refractivity contribution is 5.19. The Bertz CT molecular complexity index is 679. The Morgan fingerprint density at radius 2 is 2.09 bits per heavy atom. The molecule has 1 N–H and O–H groups in total. The van der Waals surface area contributed by atoms with Gasteiger partial charge >= 0.3 is 0 Å². The Kier molecular flexibility index (Phi) is 4.47. The zero-order valence-corrected chi connectivity index (χ0v) is 13.5. The molecule has 0 radical (unpaired) electrons. The molecule has 0 spiro atoms. The maximum atomic E-state index is 7.30. The average Bonchev–Trinajstić information content (AvgIpc) is 3.01. The molecule has 4 heteroatoms. The van der Waals surface area contributed by atoms with Gasteiger partial charge in [-0.25, -0.2) is 4.68 Å². The topological polar surface area (TPSA) is 39.1 Å². The lowest BCUT2D eigenvalue weighted by Crippen LogP contribution is -2.16. The highest BCUT2D eigenvalue weighted by Crippen LogP contribution is 2.27. The van der Waals surface area contributed by atoms with E-state index in [0.29, 0.717) is 24.1 Å². The minimum atomic E-state index is -2.17. The lowest BCUT2D eigenvalue weighted by molar-refractivity contribution is 0.245. The smallest absolute Gasteiger partial charge is 0.212 e. The van der Waals surface area contributed by atoms with Crippen LogP contribution in [0.15, 0.2) is 36.4 Å². The van der Waals surface area contributed by atoms with Crippen LogP contribution in [0.25, 0.3) is 0 Å². The Labute approximate surface area is 143 Å². The molecular weight excluding hydrogens is 286 g/mol. The molecule has 0 bridgehead atoms. The van der Waals surface area contributed by atoms with Crippen molar-refractivity contribution in [2.75, 3.05) is 6.98 Å². The maximum Gasteiger partial charge on any atom is 0.212 e. The van der Waals surface area contributed by atoms with Crippen molar-refractivity contribution in [2.24, 2.45) is 5.92 Å². The fraction of sp³-hybridized carbons (Fsp3) is 0.526. The summed E-state index contributed by atoms with van der Waals surface area (Å²) in [6.45, 7) is -0.657. The largest absolute Gasteiger partial charge is 0.473 e. The van der Waals surface area contributed by atoms with Crippen LogP contribution in [0.4, 0.5) is 0 Å². The molecule has 1 fully saturated rings. The molecule has 2 aromatic rings. The van der Waals surface area contributed by atoms with Gasteiger partial charge in [-0.05, 0) is 31.3 Å². The Morgan fingerprint density at radius 3 is 2.87 bits per heavy atom. The van der Waals surface area contributed by atoms with Crippen LogP contribution in [0.2, 0.25) is 0 Å². The standard InChI is InChI=1S/C19H27N3O/c1-20-13-18-12-19(23-15-17-10-6-3-7-11-17)22(21-18)14-16-8-4-2-5-9-16/h3,6-7,10-12,16,20H,2,4-5,8-9,13-15H2,1H3/i1D3. The van der Waals surface area contributed by atoms with Gasteiger partial charge in [-0.3, -0.25) is 0 Å². The molecule has 0 saturated heterocycles. The highest BCUT2D eigenvalue weighted by atomic mass is 16.5. The lowest BCUT2D eigenvalue weighted by atomic mass is 9.89.